The molecule has 1 saturated heterocycles. The van der Waals surface area contributed by atoms with Crippen LogP contribution in [0, 0.1) is 6.92 Å². The van der Waals surface area contributed by atoms with Gasteiger partial charge in [-0.3, -0.25) is 4.90 Å². The van der Waals surface area contributed by atoms with Crippen LogP contribution in [0.4, 0.5) is 0 Å². The summed E-state index contributed by atoms with van der Waals surface area (Å²) in [6, 6.07) is 25.7. The van der Waals surface area contributed by atoms with Crippen LogP contribution in [0.15, 0.2) is 96.2 Å². The third kappa shape index (κ3) is 6.43. The van der Waals surface area contributed by atoms with Crippen LogP contribution in [0.1, 0.15) is 25.0 Å². The van der Waals surface area contributed by atoms with Crippen molar-refractivity contribution >= 4 is 22.0 Å². The van der Waals surface area contributed by atoms with Crippen molar-refractivity contribution in [2.45, 2.75) is 32.2 Å². The highest BCUT2D eigenvalue weighted by Crippen LogP contribution is 2.34. The quantitative estimate of drug-likeness (QED) is 0.247. The molecule has 41 heavy (non-hydrogen) atoms. The number of hydrogen-bond donors (Lipinski definition) is 1. The van der Waals surface area contributed by atoms with Crippen LogP contribution in [0.5, 0.6) is 5.75 Å². The summed E-state index contributed by atoms with van der Waals surface area (Å²) in [5.41, 5.74) is 7.04. The number of aromatic hydroxyl groups is 1. The minimum atomic E-state index is -1.45. The summed E-state index contributed by atoms with van der Waals surface area (Å²) in [6.07, 6.45) is 3.77. The molecule has 6 rings (SSSR count). The van der Waals surface area contributed by atoms with Crippen molar-refractivity contribution in [2.24, 2.45) is 0 Å². The number of aromatic nitrogens is 2. The van der Waals surface area contributed by atoms with E-state index in [1.54, 1.807) is 16.1 Å². The van der Waals surface area contributed by atoms with Crippen molar-refractivity contribution < 1.29 is 9.32 Å². The van der Waals surface area contributed by atoms with Gasteiger partial charge in [0.05, 0.1) is 4.90 Å². The standard InChI is InChI=1S/C32H32N4O2S.C2H6/c1-23-3-13-29(14-4-23)39(38)36-22-31(26-9-11-28(37)12-10-26)30-19-27(20-33-32(30)36)25-7-5-24(6-8-25)21-35-17-15-34(2)16-18-35;1-2/h3-14,19-20,22,37H,15-18,21H2,1-2H3;1-2H3. The molecular weight excluding hydrogens is 528 g/mol. The Bertz CT molecular complexity index is 1620. The van der Waals surface area contributed by atoms with Gasteiger partial charge in [-0.2, -0.15) is 0 Å². The molecular formula is C34H38N4O2S. The van der Waals surface area contributed by atoms with Gasteiger partial charge in [0.15, 0.2) is 16.6 Å². The van der Waals surface area contributed by atoms with E-state index in [2.05, 4.69) is 47.2 Å². The predicted molar refractivity (Wildman–Crippen MR) is 169 cm³/mol. The van der Waals surface area contributed by atoms with Gasteiger partial charge in [-0.25, -0.2) is 13.2 Å². The second-order valence-corrected chi connectivity index (χ2v) is 11.7. The van der Waals surface area contributed by atoms with Crippen molar-refractivity contribution in [1.29, 1.82) is 0 Å². The van der Waals surface area contributed by atoms with Gasteiger partial charge in [0.2, 0.25) is 0 Å². The summed E-state index contributed by atoms with van der Waals surface area (Å²) in [7, 11) is 0.729. The lowest BCUT2D eigenvalue weighted by Gasteiger charge is -2.32. The van der Waals surface area contributed by atoms with E-state index in [0.29, 0.717) is 5.65 Å². The number of piperazine rings is 1. The summed E-state index contributed by atoms with van der Waals surface area (Å²) in [4.78, 5) is 10.4. The lowest BCUT2D eigenvalue weighted by atomic mass is 10.0. The average Bonchev–Trinajstić information content (AvgIpc) is 3.39. The second-order valence-electron chi connectivity index (χ2n) is 10.3. The summed E-state index contributed by atoms with van der Waals surface area (Å²) < 4.78 is 15.4. The first-order valence-electron chi connectivity index (χ1n) is 14.2. The van der Waals surface area contributed by atoms with Crippen LogP contribution < -0.4 is 0 Å². The fraction of sp³-hybridized carbons (Fsp3) is 0.265. The van der Waals surface area contributed by atoms with E-state index in [-0.39, 0.29) is 5.75 Å². The molecule has 1 fully saturated rings. The zero-order chi connectivity index (χ0) is 28.9. The van der Waals surface area contributed by atoms with Crippen LogP contribution in [-0.4, -0.2) is 61.3 Å². The minimum Gasteiger partial charge on any atom is -0.508 e. The Morgan fingerprint density at radius 3 is 2.12 bits per heavy atom. The summed E-state index contributed by atoms with van der Waals surface area (Å²) in [6.45, 7) is 11.4. The number of phenolic OH excluding ortho intramolecular Hbond substituents is 1. The molecule has 1 atom stereocenters. The normalized spacial score (nSPS) is 14.9. The molecule has 0 aliphatic carbocycles. The molecule has 6 nitrogen and oxygen atoms in total. The molecule has 5 aromatic rings. The van der Waals surface area contributed by atoms with Crippen LogP contribution >= 0.6 is 0 Å². The van der Waals surface area contributed by atoms with Gasteiger partial charge in [0.1, 0.15) is 5.75 Å². The molecule has 1 unspecified atom stereocenters. The Balaban J connectivity index is 0.00000165. The molecule has 0 amide bonds. The molecule has 1 N–H and O–H groups in total. The first kappa shape index (κ1) is 28.7. The lowest BCUT2D eigenvalue weighted by Crippen LogP contribution is -2.43. The molecule has 212 valence electrons. The first-order chi connectivity index (χ1) is 19.9. The third-order valence-electron chi connectivity index (χ3n) is 7.48. The highest BCUT2D eigenvalue weighted by Gasteiger charge is 2.18. The maximum Gasteiger partial charge on any atom is 0.158 e. The number of likely N-dealkylation sites (N-methyl/N-ethyl adjacent to an activating group) is 1. The molecule has 0 radical (unpaired) electrons. The SMILES string of the molecule is CC.Cc1ccc(S(=O)n2cc(-c3ccc(O)cc3)c3cc(-c4ccc(CN5CCN(C)CC5)cc4)cnc32)cc1. The van der Waals surface area contributed by atoms with Gasteiger partial charge in [0.25, 0.3) is 0 Å². The Morgan fingerprint density at radius 1 is 0.829 bits per heavy atom. The monoisotopic (exact) mass is 566 g/mol. The van der Waals surface area contributed by atoms with Gasteiger partial charge in [0, 0.05) is 61.6 Å². The molecule has 3 aromatic carbocycles. The van der Waals surface area contributed by atoms with Crippen LogP contribution in [0.2, 0.25) is 0 Å². The van der Waals surface area contributed by atoms with E-state index < -0.39 is 11.0 Å². The van der Waals surface area contributed by atoms with E-state index in [1.807, 2.05) is 69.6 Å². The summed E-state index contributed by atoms with van der Waals surface area (Å²) in [5, 5.41) is 10.8. The molecule has 1 aliphatic heterocycles. The van der Waals surface area contributed by atoms with E-state index >= 15 is 0 Å². The largest absolute Gasteiger partial charge is 0.508 e. The summed E-state index contributed by atoms with van der Waals surface area (Å²) in [5.74, 6) is 0.209. The third-order valence-corrected chi connectivity index (χ3v) is 8.79. The molecule has 0 spiro atoms. The van der Waals surface area contributed by atoms with Crippen molar-refractivity contribution in [2.75, 3.05) is 33.2 Å². The van der Waals surface area contributed by atoms with Gasteiger partial charge in [-0.05, 0) is 61.0 Å². The maximum absolute atomic E-state index is 13.6. The molecule has 2 aromatic heterocycles. The number of fused-ring (bicyclic) bond motifs is 1. The number of nitrogens with zero attached hydrogens (tertiary/aromatic N) is 4. The smallest absolute Gasteiger partial charge is 0.158 e. The number of phenols is 1. The topological polar surface area (TPSA) is 61.6 Å². The van der Waals surface area contributed by atoms with Crippen molar-refractivity contribution in [3.63, 3.8) is 0 Å². The predicted octanol–water partition coefficient (Wildman–Crippen LogP) is 6.73. The molecule has 7 heteroatoms. The van der Waals surface area contributed by atoms with Crippen LogP contribution in [-0.2, 0) is 17.5 Å². The number of hydrogen-bond acceptors (Lipinski definition) is 5. The zero-order valence-electron chi connectivity index (χ0n) is 24.2. The van der Waals surface area contributed by atoms with Gasteiger partial charge >= 0.3 is 0 Å². The van der Waals surface area contributed by atoms with Crippen LogP contribution in [0.3, 0.4) is 0 Å². The summed E-state index contributed by atoms with van der Waals surface area (Å²) >= 11 is 0. The van der Waals surface area contributed by atoms with E-state index in [0.717, 1.165) is 70.8 Å². The van der Waals surface area contributed by atoms with Gasteiger partial charge in [-0.1, -0.05) is 67.9 Å². The van der Waals surface area contributed by atoms with E-state index in [1.165, 1.54) is 5.56 Å². The highest BCUT2D eigenvalue weighted by atomic mass is 32.2. The lowest BCUT2D eigenvalue weighted by molar-refractivity contribution is 0.148. The van der Waals surface area contributed by atoms with Gasteiger partial charge < -0.3 is 10.0 Å². The van der Waals surface area contributed by atoms with Crippen molar-refractivity contribution in [3.8, 4) is 28.0 Å². The van der Waals surface area contributed by atoms with Crippen molar-refractivity contribution in [3.05, 3.63) is 102 Å². The van der Waals surface area contributed by atoms with Crippen LogP contribution in [0.25, 0.3) is 33.3 Å². The fourth-order valence-electron chi connectivity index (χ4n) is 5.07. The molecule has 0 saturated carbocycles. The van der Waals surface area contributed by atoms with E-state index in [9.17, 15) is 9.32 Å². The van der Waals surface area contributed by atoms with Gasteiger partial charge in [-0.15, -0.1) is 0 Å². The molecule has 1 aliphatic rings. The minimum absolute atomic E-state index is 0.209. The fourth-order valence-corrected chi connectivity index (χ4v) is 6.17. The highest BCUT2D eigenvalue weighted by molar-refractivity contribution is 7.83. The van der Waals surface area contributed by atoms with E-state index in [4.69, 9.17) is 4.98 Å². The Hall–Kier alpha value is -3.78. The average molecular weight is 567 g/mol. The number of rotatable bonds is 6. The molecule has 0 bridgehead atoms. The second kappa shape index (κ2) is 12.8. The molecule has 3 heterocycles. The first-order valence-corrected chi connectivity index (χ1v) is 15.3. The van der Waals surface area contributed by atoms with Crippen molar-refractivity contribution in [1.82, 2.24) is 18.8 Å². The Labute approximate surface area is 245 Å². The zero-order valence-corrected chi connectivity index (χ0v) is 25.1. The maximum atomic E-state index is 13.6. The Kier molecular flexibility index (Phi) is 8.98. The number of benzene rings is 3. The Morgan fingerprint density at radius 2 is 1.46 bits per heavy atom. The number of aryl methyl sites for hydroxylation is 1. The number of pyridine rings is 1.